The van der Waals surface area contributed by atoms with E-state index in [1.165, 1.54) is 18.2 Å². The number of amides is 1. The number of hydrogen-bond donors (Lipinski definition) is 2. The first kappa shape index (κ1) is 14.5. The monoisotopic (exact) mass is 286 g/mol. The first-order valence-electron chi connectivity index (χ1n) is 4.95. The Hall–Kier alpha value is -1.55. The van der Waals surface area contributed by atoms with Crippen molar-refractivity contribution in [2.24, 2.45) is 0 Å². The maximum absolute atomic E-state index is 11.8. The van der Waals surface area contributed by atoms with Crippen molar-refractivity contribution in [1.82, 2.24) is 10.0 Å². The molecule has 7 heteroatoms. The lowest BCUT2D eigenvalue weighted by atomic mass is 10.4. The Morgan fingerprint density at radius 3 is 2.72 bits per heavy atom. The van der Waals surface area contributed by atoms with E-state index in [2.05, 4.69) is 10.0 Å². The van der Waals surface area contributed by atoms with Gasteiger partial charge in [-0.2, -0.15) is 0 Å². The van der Waals surface area contributed by atoms with Crippen molar-refractivity contribution in [1.29, 1.82) is 0 Å². The van der Waals surface area contributed by atoms with Crippen LogP contribution in [0.15, 0.2) is 29.2 Å². The van der Waals surface area contributed by atoms with Crippen LogP contribution in [0.3, 0.4) is 0 Å². The summed E-state index contributed by atoms with van der Waals surface area (Å²) < 4.78 is 25.9. The fraction of sp³-hybridized carbons (Fsp3) is 0.182. The van der Waals surface area contributed by atoms with Gasteiger partial charge in [0.05, 0.1) is 4.90 Å². The van der Waals surface area contributed by atoms with Crippen molar-refractivity contribution in [2.75, 3.05) is 13.1 Å². The van der Waals surface area contributed by atoms with Crippen molar-refractivity contribution in [3.05, 3.63) is 29.3 Å². The summed E-state index contributed by atoms with van der Waals surface area (Å²) >= 11 is 5.70. The second kappa shape index (κ2) is 6.40. The van der Waals surface area contributed by atoms with Crippen LogP contribution in [-0.4, -0.2) is 27.4 Å². The normalized spacial score (nSPS) is 10.7. The Morgan fingerprint density at radius 1 is 1.39 bits per heavy atom. The quantitative estimate of drug-likeness (QED) is 0.606. The number of sulfonamides is 1. The van der Waals surface area contributed by atoms with E-state index in [0.717, 1.165) is 0 Å². The van der Waals surface area contributed by atoms with Crippen LogP contribution in [0, 0.1) is 12.3 Å². The van der Waals surface area contributed by atoms with Crippen LogP contribution in [0.1, 0.15) is 0 Å². The van der Waals surface area contributed by atoms with E-state index < -0.39 is 15.9 Å². The highest BCUT2D eigenvalue weighted by Crippen LogP contribution is 2.14. The Labute approximate surface area is 111 Å². The molecule has 0 radical (unpaired) electrons. The van der Waals surface area contributed by atoms with E-state index in [1.807, 2.05) is 5.92 Å². The van der Waals surface area contributed by atoms with E-state index in [0.29, 0.717) is 5.02 Å². The maximum Gasteiger partial charge on any atom is 0.295 e. The number of hydrogen-bond acceptors (Lipinski definition) is 3. The van der Waals surface area contributed by atoms with Crippen LogP contribution in [0.5, 0.6) is 0 Å². The minimum Gasteiger partial charge on any atom is -0.344 e. The summed E-state index contributed by atoms with van der Waals surface area (Å²) in [6.07, 6.45) is 4.83. The lowest BCUT2D eigenvalue weighted by Crippen LogP contribution is -2.34. The van der Waals surface area contributed by atoms with Gasteiger partial charge in [-0.3, -0.25) is 4.79 Å². The van der Waals surface area contributed by atoms with Crippen molar-refractivity contribution in [3.63, 3.8) is 0 Å². The molecule has 0 aliphatic rings. The SMILES string of the molecule is C#CC(=O)NCCNS(=O)(=O)c1cccc(Cl)c1. The second-order valence-corrected chi connectivity index (χ2v) is 5.46. The van der Waals surface area contributed by atoms with Gasteiger partial charge in [0.1, 0.15) is 0 Å². The van der Waals surface area contributed by atoms with Crippen LogP contribution in [0.25, 0.3) is 0 Å². The third-order valence-electron chi connectivity index (χ3n) is 1.94. The standard InChI is InChI=1S/C11H11ClN2O3S/c1-2-11(15)13-6-7-14-18(16,17)10-5-3-4-9(12)8-10/h1,3-5,8,14H,6-7H2,(H,13,15). The number of benzene rings is 1. The van der Waals surface area contributed by atoms with E-state index in [-0.39, 0.29) is 18.0 Å². The largest absolute Gasteiger partial charge is 0.344 e. The number of carbonyl (C=O) groups excluding carboxylic acids is 1. The molecular formula is C11H11ClN2O3S. The van der Waals surface area contributed by atoms with Gasteiger partial charge in [0.2, 0.25) is 10.0 Å². The van der Waals surface area contributed by atoms with E-state index in [9.17, 15) is 13.2 Å². The average Bonchev–Trinajstić information content (AvgIpc) is 2.34. The maximum atomic E-state index is 11.8. The third-order valence-corrected chi connectivity index (χ3v) is 3.63. The molecule has 0 aliphatic carbocycles. The van der Waals surface area contributed by atoms with Crippen molar-refractivity contribution < 1.29 is 13.2 Å². The Balaban J connectivity index is 2.56. The van der Waals surface area contributed by atoms with Crippen LogP contribution < -0.4 is 10.0 Å². The molecule has 18 heavy (non-hydrogen) atoms. The van der Waals surface area contributed by atoms with Gasteiger partial charge in [0.15, 0.2) is 0 Å². The Kier molecular flexibility index (Phi) is 5.16. The summed E-state index contributed by atoms with van der Waals surface area (Å²) in [5.41, 5.74) is 0. The smallest absolute Gasteiger partial charge is 0.295 e. The fourth-order valence-corrected chi connectivity index (χ4v) is 2.46. The predicted octanol–water partition coefficient (Wildman–Crippen LogP) is 0.368. The number of nitrogens with one attached hydrogen (secondary N) is 2. The molecule has 0 bridgehead atoms. The number of carbonyl (C=O) groups is 1. The molecule has 0 unspecified atom stereocenters. The first-order valence-corrected chi connectivity index (χ1v) is 6.81. The molecule has 0 saturated carbocycles. The summed E-state index contributed by atoms with van der Waals surface area (Å²) in [6, 6.07) is 5.88. The molecule has 1 aromatic rings. The molecule has 0 heterocycles. The fourth-order valence-electron chi connectivity index (χ4n) is 1.13. The van der Waals surface area contributed by atoms with E-state index in [4.69, 9.17) is 18.0 Å². The van der Waals surface area contributed by atoms with Crippen LogP contribution in [0.4, 0.5) is 0 Å². The molecule has 2 N–H and O–H groups in total. The Bertz CT molecular complexity index is 578. The van der Waals surface area contributed by atoms with Crippen molar-refractivity contribution >= 4 is 27.5 Å². The van der Waals surface area contributed by atoms with E-state index in [1.54, 1.807) is 6.07 Å². The summed E-state index contributed by atoms with van der Waals surface area (Å²) in [5, 5.41) is 2.67. The minimum absolute atomic E-state index is 0.0439. The number of halogens is 1. The molecule has 1 rings (SSSR count). The van der Waals surface area contributed by atoms with Gasteiger partial charge in [-0.05, 0) is 24.1 Å². The third kappa shape index (κ3) is 4.37. The molecule has 0 fully saturated rings. The summed E-state index contributed by atoms with van der Waals surface area (Å²) in [6.45, 7) is 0.158. The predicted molar refractivity (Wildman–Crippen MR) is 68.5 cm³/mol. The van der Waals surface area contributed by atoms with Crippen molar-refractivity contribution in [3.8, 4) is 12.3 Å². The molecule has 0 aliphatic heterocycles. The molecule has 96 valence electrons. The van der Waals surface area contributed by atoms with Crippen molar-refractivity contribution in [2.45, 2.75) is 4.90 Å². The number of rotatable bonds is 5. The van der Waals surface area contributed by atoms with Gasteiger partial charge in [-0.15, -0.1) is 6.42 Å². The molecule has 0 atom stereocenters. The minimum atomic E-state index is -3.62. The average molecular weight is 287 g/mol. The molecular weight excluding hydrogens is 276 g/mol. The molecule has 0 aromatic heterocycles. The number of terminal acetylenes is 1. The molecule has 0 spiro atoms. The van der Waals surface area contributed by atoms with Gasteiger partial charge in [-0.25, -0.2) is 13.1 Å². The second-order valence-electron chi connectivity index (χ2n) is 3.26. The zero-order valence-corrected chi connectivity index (χ0v) is 10.9. The lowest BCUT2D eigenvalue weighted by Gasteiger charge is -2.07. The highest BCUT2D eigenvalue weighted by atomic mass is 35.5. The van der Waals surface area contributed by atoms with E-state index >= 15 is 0 Å². The zero-order chi connectivity index (χ0) is 13.6. The van der Waals surface area contributed by atoms with Crippen LogP contribution >= 0.6 is 11.6 Å². The van der Waals surface area contributed by atoms with Crippen LogP contribution in [-0.2, 0) is 14.8 Å². The topological polar surface area (TPSA) is 75.3 Å². The lowest BCUT2D eigenvalue weighted by molar-refractivity contribution is -0.115. The highest BCUT2D eigenvalue weighted by molar-refractivity contribution is 7.89. The van der Waals surface area contributed by atoms with Gasteiger partial charge < -0.3 is 5.32 Å². The summed E-state index contributed by atoms with van der Waals surface area (Å²) in [5.74, 6) is 1.27. The summed E-state index contributed by atoms with van der Waals surface area (Å²) in [7, 11) is -3.62. The highest BCUT2D eigenvalue weighted by Gasteiger charge is 2.13. The molecule has 1 amide bonds. The van der Waals surface area contributed by atoms with Crippen LogP contribution in [0.2, 0.25) is 5.02 Å². The molecule has 1 aromatic carbocycles. The first-order chi connectivity index (χ1) is 8.45. The van der Waals surface area contributed by atoms with Gasteiger partial charge >= 0.3 is 0 Å². The summed E-state index contributed by atoms with van der Waals surface area (Å²) in [4.78, 5) is 10.8. The van der Waals surface area contributed by atoms with Gasteiger partial charge in [0.25, 0.3) is 5.91 Å². The zero-order valence-electron chi connectivity index (χ0n) is 9.31. The van der Waals surface area contributed by atoms with Gasteiger partial charge in [-0.1, -0.05) is 17.7 Å². The van der Waals surface area contributed by atoms with Gasteiger partial charge in [0, 0.05) is 18.1 Å². The molecule has 0 saturated heterocycles. The Morgan fingerprint density at radius 2 is 2.11 bits per heavy atom. The molecule has 5 nitrogen and oxygen atoms in total.